The number of hydrogen-bond donors (Lipinski definition) is 2. The topological polar surface area (TPSA) is 77.9 Å². The molecule has 190 valence electrons. The molecule has 4 aromatic rings. The van der Waals surface area contributed by atoms with E-state index in [1.54, 1.807) is 25.4 Å². The number of benzene rings is 3. The highest BCUT2D eigenvalue weighted by atomic mass is 32.2. The Balaban J connectivity index is 1.18. The summed E-state index contributed by atoms with van der Waals surface area (Å²) in [6, 6.07) is 23.1. The van der Waals surface area contributed by atoms with Crippen LogP contribution in [0.15, 0.2) is 83.9 Å². The zero-order chi connectivity index (χ0) is 25.6. The fourth-order valence-electron chi connectivity index (χ4n) is 4.60. The van der Waals surface area contributed by atoms with Gasteiger partial charge in [0.15, 0.2) is 0 Å². The van der Waals surface area contributed by atoms with Gasteiger partial charge in [0.05, 0.1) is 17.5 Å². The molecule has 1 aliphatic heterocycles. The van der Waals surface area contributed by atoms with Crippen molar-refractivity contribution < 1.29 is 14.6 Å². The van der Waals surface area contributed by atoms with E-state index in [1.807, 2.05) is 53.4 Å². The van der Waals surface area contributed by atoms with Gasteiger partial charge in [-0.25, -0.2) is 0 Å². The SMILES string of the molecule is COc1cccc(O)c1CN1CCCN(C(=O)c2ccc(NSc3cccc4cccnc34)cc2)CC1. The summed E-state index contributed by atoms with van der Waals surface area (Å²) in [7, 11) is 1.61. The van der Waals surface area contributed by atoms with E-state index in [0.29, 0.717) is 30.9 Å². The maximum atomic E-state index is 13.2. The second-order valence-corrected chi connectivity index (χ2v) is 9.84. The van der Waals surface area contributed by atoms with Crippen molar-refractivity contribution in [3.8, 4) is 11.5 Å². The molecule has 3 aromatic carbocycles. The van der Waals surface area contributed by atoms with Crippen molar-refractivity contribution in [3.63, 3.8) is 0 Å². The van der Waals surface area contributed by atoms with E-state index < -0.39 is 0 Å². The fraction of sp³-hybridized carbons (Fsp3) is 0.241. The average molecular weight is 515 g/mol. The molecule has 7 nitrogen and oxygen atoms in total. The summed E-state index contributed by atoms with van der Waals surface area (Å²) < 4.78 is 8.79. The van der Waals surface area contributed by atoms with Crippen LogP contribution in [-0.2, 0) is 6.54 Å². The lowest BCUT2D eigenvalue weighted by molar-refractivity contribution is 0.0761. The number of phenolic OH excluding ortho intramolecular Hbond substituents is 1. The molecule has 0 unspecified atom stereocenters. The third-order valence-corrected chi connectivity index (χ3v) is 7.48. The van der Waals surface area contributed by atoms with Crippen molar-refractivity contribution in [1.82, 2.24) is 14.8 Å². The number of carbonyl (C=O) groups is 1. The highest BCUT2D eigenvalue weighted by molar-refractivity contribution is 8.00. The molecular weight excluding hydrogens is 484 g/mol. The van der Waals surface area contributed by atoms with E-state index in [1.165, 1.54) is 11.9 Å². The van der Waals surface area contributed by atoms with Gasteiger partial charge in [-0.05, 0) is 66.9 Å². The van der Waals surface area contributed by atoms with Crippen LogP contribution in [-0.4, -0.2) is 59.1 Å². The number of nitrogens with one attached hydrogen (secondary N) is 1. The van der Waals surface area contributed by atoms with Gasteiger partial charge in [0.1, 0.15) is 11.5 Å². The first kappa shape index (κ1) is 24.9. The molecule has 0 spiro atoms. The highest BCUT2D eigenvalue weighted by Gasteiger charge is 2.22. The quantitative estimate of drug-likeness (QED) is 0.319. The summed E-state index contributed by atoms with van der Waals surface area (Å²) in [5, 5.41) is 11.4. The summed E-state index contributed by atoms with van der Waals surface area (Å²) in [5.74, 6) is 0.959. The second-order valence-electron chi connectivity index (χ2n) is 8.99. The van der Waals surface area contributed by atoms with Crippen molar-refractivity contribution in [3.05, 3.63) is 90.1 Å². The summed E-state index contributed by atoms with van der Waals surface area (Å²) in [4.78, 5) is 22.9. The number of hydrogen-bond acceptors (Lipinski definition) is 7. The van der Waals surface area contributed by atoms with Crippen molar-refractivity contribution in [2.24, 2.45) is 0 Å². The van der Waals surface area contributed by atoms with E-state index in [0.717, 1.165) is 46.6 Å². The Labute approximate surface area is 221 Å². The maximum Gasteiger partial charge on any atom is 0.253 e. The van der Waals surface area contributed by atoms with Gasteiger partial charge in [-0.3, -0.25) is 14.7 Å². The number of phenols is 1. The van der Waals surface area contributed by atoms with Gasteiger partial charge < -0.3 is 19.5 Å². The molecule has 2 heterocycles. The van der Waals surface area contributed by atoms with E-state index >= 15 is 0 Å². The molecule has 1 fully saturated rings. The van der Waals surface area contributed by atoms with E-state index in [2.05, 4.69) is 26.7 Å². The molecule has 1 amide bonds. The van der Waals surface area contributed by atoms with Crippen LogP contribution in [0.2, 0.25) is 0 Å². The third-order valence-electron chi connectivity index (χ3n) is 6.59. The van der Waals surface area contributed by atoms with Crippen LogP contribution >= 0.6 is 11.9 Å². The number of para-hydroxylation sites is 1. The Morgan fingerprint density at radius 1 is 1.00 bits per heavy atom. The zero-order valence-electron chi connectivity index (χ0n) is 20.8. The zero-order valence-corrected chi connectivity index (χ0v) is 21.6. The molecule has 0 bridgehead atoms. The minimum absolute atomic E-state index is 0.0412. The summed E-state index contributed by atoms with van der Waals surface area (Å²) in [6.07, 6.45) is 2.67. The minimum atomic E-state index is 0.0412. The third kappa shape index (κ3) is 5.81. The number of aromatic nitrogens is 1. The number of ether oxygens (including phenoxy) is 1. The van der Waals surface area contributed by atoms with Crippen LogP contribution in [0.25, 0.3) is 10.9 Å². The van der Waals surface area contributed by atoms with Gasteiger partial charge in [-0.15, -0.1) is 0 Å². The van der Waals surface area contributed by atoms with Crippen molar-refractivity contribution in [2.45, 2.75) is 17.9 Å². The molecule has 0 atom stereocenters. The number of amides is 1. The second kappa shape index (κ2) is 11.5. The minimum Gasteiger partial charge on any atom is -0.507 e. The van der Waals surface area contributed by atoms with Gasteiger partial charge in [0.2, 0.25) is 0 Å². The highest BCUT2D eigenvalue weighted by Crippen LogP contribution is 2.30. The molecule has 0 aliphatic carbocycles. The molecule has 5 rings (SSSR count). The number of fused-ring (bicyclic) bond motifs is 1. The molecule has 1 saturated heterocycles. The predicted octanol–water partition coefficient (Wildman–Crippen LogP) is 5.42. The Kier molecular flexibility index (Phi) is 7.77. The number of anilines is 1. The number of nitrogens with zero attached hydrogens (tertiary/aromatic N) is 3. The largest absolute Gasteiger partial charge is 0.507 e. The van der Waals surface area contributed by atoms with Gasteiger partial charge in [0, 0.05) is 61.1 Å². The molecule has 0 saturated carbocycles. The van der Waals surface area contributed by atoms with Crippen molar-refractivity contribution >= 4 is 34.4 Å². The summed E-state index contributed by atoms with van der Waals surface area (Å²) in [6.45, 7) is 3.51. The summed E-state index contributed by atoms with van der Waals surface area (Å²) >= 11 is 1.51. The first-order valence-electron chi connectivity index (χ1n) is 12.4. The maximum absolute atomic E-state index is 13.2. The van der Waals surface area contributed by atoms with Crippen molar-refractivity contribution in [2.75, 3.05) is 38.0 Å². The first-order valence-corrected chi connectivity index (χ1v) is 13.2. The Hall–Kier alpha value is -3.75. The Morgan fingerprint density at radius 3 is 2.65 bits per heavy atom. The lowest BCUT2D eigenvalue weighted by Crippen LogP contribution is -2.35. The van der Waals surface area contributed by atoms with E-state index in [-0.39, 0.29) is 11.7 Å². The van der Waals surface area contributed by atoms with Crippen LogP contribution in [0, 0.1) is 0 Å². The van der Waals surface area contributed by atoms with Crippen LogP contribution < -0.4 is 9.46 Å². The Bertz CT molecular complexity index is 1370. The molecule has 1 aliphatic rings. The standard InChI is InChI=1S/C29H30N4O3S/c1-36-26-9-3-8-25(34)24(26)20-32-16-5-17-33(19-18-32)29(35)22-11-13-23(14-12-22)31-37-27-10-2-6-21-7-4-15-30-28(21)27/h2-4,6-15,31,34H,5,16-20H2,1H3. The van der Waals surface area contributed by atoms with Crippen LogP contribution in [0.4, 0.5) is 5.69 Å². The smallest absolute Gasteiger partial charge is 0.253 e. The molecule has 37 heavy (non-hydrogen) atoms. The molecule has 0 radical (unpaired) electrons. The number of carbonyl (C=O) groups excluding carboxylic acids is 1. The number of methoxy groups -OCH3 is 1. The van der Waals surface area contributed by atoms with Gasteiger partial charge >= 0.3 is 0 Å². The monoisotopic (exact) mass is 514 g/mol. The number of aromatic hydroxyl groups is 1. The number of rotatable bonds is 7. The Morgan fingerprint density at radius 2 is 1.81 bits per heavy atom. The average Bonchev–Trinajstić information content (AvgIpc) is 3.18. The van der Waals surface area contributed by atoms with Gasteiger partial charge in [0.25, 0.3) is 5.91 Å². The van der Waals surface area contributed by atoms with Gasteiger partial charge in [-0.1, -0.05) is 24.3 Å². The van der Waals surface area contributed by atoms with Gasteiger partial charge in [-0.2, -0.15) is 0 Å². The van der Waals surface area contributed by atoms with Crippen LogP contribution in [0.5, 0.6) is 11.5 Å². The molecular formula is C29H30N4O3S. The van der Waals surface area contributed by atoms with E-state index in [9.17, 15) is 9.90 Å². The summed E-state index contributed by atoms with van der Waals surface area (Å²) in [5.41, 5.74) is 3.35. The number of pyridine rings is 1. The van der Waals surface area contributed by atoms with Crippen molar-refractivity contribution in [1.29, 1.82) is 0 Å². The fourth-order valence-corrected chi connectivity index (χ4v) is 5.37. The molecule has 2 N–H and O–H groups in total. The lowest BCUT2D eigenvalue weighted by Gasteiger charge is -2.23. The lowest BCUT2D eigenvalue weighted by atomic mass is 10.1. The first-order chi connectivity index (χ1) is 18.1. The van der Waals surface area contributed by atoms with E-state index in [4.69, 9.17) is 4.74 Å². The molecule has 1 aromatic heterocycles. The predicted molar refractivity (Wildman–Crippen MR) is 148 cm³/mol. The van der Waals surface area contributed by atoms with Crippen LogP contribution in [0.1, 0.15) is 22.3 Å². The molecule has 8 heteroatoms. The van der Waals surface area contributed by atoms with Crippen LogP contribution in [0.3, 0.4) is 0 Å². The normalized spacial score (nSPS) is 14.4.